The minimum absolute atomic E-state index is 0.698. The summed E-state index contributed by atoms with van der Waals surface area (Å²) >= 11 is 2.57. The highest BCUT2D eigenvalue weighted by Gasteiger charge is 2.38. The zero-order valence-electron chi connectivity index (χ0n) is 16.6. The van der Waals surface area contributed by atoms with Crippen LogP contribution in [-0.4, -0.2) is 30.6 Å². The standard InChI is InChI=1S/C24H31IN2/c1-3-12-26(13-4-2)20-14-19-17-27(16-18-8-6-5-7-9-18)23-11-10-22(25)21(15-20)24(19)23/h5-11,19-20H,3-4,12-17H2,1-2H3/t19-,20-/m0/s1. The number of benzene rings is 2. The van der Waals surface area contributed by atoms with Crippen LogP contribution < -0.4 is 4.90 Å². The van der Waals surface area contributed by atoms with Crippen LogP contribution in [0.2, 0.25) is 0 Å². The Hall–Kier alpha value is -1.07. The van der Waals surface area contributed by atoms with Gasteiger partial charge in [0.2, 0.25) is 0 Å². The molecule has 1 aliphatic carbocycles. The summed E-state index contributed by atoms with van der Waals surface area (Å²) in [6.45, 7) is 9.33. The highest BCUT2D eigenvalue weighted by atomic mass is 127. The molecule has 1 heterocycles. The van der Waals surface area contributed by atoms with Crippen molar-refractivity contribution in [3.05, 3.63) is 62.7 Å². The van der Waals surface area contributed by atoms with Gasteiger partial charge >= 0.3 is 0 Å². The Kier molecular flexibility index (Phi) is 6.08. The average Bonchev–Trinajstić information content (AvgIpc) is 3.03. The van der Waals surface area contributed by atoms with Crippen molar-refractivity contribution in [2.75, 3.05) is 24.5 Å². The van der Waals surface area contributed by atoms with Gasteiger partial charge in [-0.25, -0.2) is 0 Å². The first kappa shape index (κ1) is 19.3. The molecule has 0 amide bonds. The van der Waals surface area contributed by atoms with Crippen LogP contribution in [0.25, 0.3) is 0 Å². The fourth-order valence-electron chi connectivity index (χ4n) is 5.14. The molecule has 0 aromatic heterocycles. The van der Waals surface area contributed by atoms with Crippen molar-refractivity contribution < 1.29 is 0 Å². The molecule has 144 valence electrons. The maximum atomic E-state index is 2.77. The first-order valence-corrected chi connectivity index (χ1v) is 11.6. The van der Waals surface area contributed by atoms with E-state index in [0.29, 0.717) is 12.0 Å². The predicted octanol–water partition coefficient (Wildman–Crippen LogP) is 5.83. The molecule has 2 nitrogen and oxygen atoms in total. The van der Waals surface area contributed by atoms with Gasteiger partial charge in [-0.3, -0.25) is 0 Å². The summed E-state index contributed by atoms with van der Waals surface area (Å²) in [5, 5.41) is 0. The molecule has 0 unspecified atom stereocenters. The van der Waals surface area contributed by atoms with E-state index in [0.717, 1.165) is 6.54 Å². The summed E-state index contributed by atoms with van der Waals surface area (Å²) in [6.07, 6.45) is 5.07. The lowest BCUT2D eigenvalue weighted by Gasteiger charge is -2.37. The second kappa shape index (κ2) is 8.52. The van der Waals surface area contributed by atoms with Gasteiger partial charge in [-0.2, -0.15) is 0 Å². The monoisotopic (exact) mass is 474 g/mol. The molecular weight excluding hydrogens is 443 g/mol. The summed E-state index contributed by atoms with van der Waals surface area (Å²) < 4.78 is 1.47. The Morgan fingerprint density at radius 2 is 1.78 bits per heavy atom. The quantitative estimate of drug-likeness (QED) is 0.466. The Bertz CT molecular complexity index is 767. The third kappa shape index (κ3) is 3.91. The molecule has 2 aliphatic rings. The number of hydrogen-bond acceptors (Lipinski definition) is 2. The molecule has 2 atom stereocenters. The van der Waals surface area contributed by atoms with Gasteiger partial charge in [0.25, 0.3) is 0 Å². The lowest BCUT2D eigenvalue weighted by molar-refractivity contribution is 0.172. The molecule has 0 bridgehead atoms. The summed E-state index contributed by atoms with van der Waals surface area (Å²) in [4.78, 5) is 5.40. The molecular formula is C24H31IN2. The van der Waals surface area contributed by atoms with Crippen molar-refractivity contribution in [3.8, 4) is 0 Å². The average molecular weight is 474 g/mol. The minimum atomic E-state index is 0.698. The lowest BCUT2D eigenvalue weighted by Crippen LogP contribution is -2.41. The number of halogens is 1. The van der Waals surface area contributed by atoms with E-state index in [4.69, 9.17) is 0 Å². The van der Waals surface area contributed by atoms with Crippen molar-refractivity contribution in [3.63, 3.8) is 0 Å². The van der Waals surface area contributed by atoms with Crippen molar-refractivity contribution in [1.29, 1.82) is 0 Å². The van der Waals surface area contributed by atoms with E-state index in [1.807, 2.05) is 0 Å². The smallest absolute Gasteiger partial charge is 0.0429 e. The molecule has 2 aromatic carbocycles. The van der Waals surface area contributed by atoms with Crippen molar-refractivity contribution in [2.24, 2.45) is 0 Å². The van der Waals surface area contributed by atoms with Crippen LogP contribution in [0.4, 0.5) is 5.69 Å². The van der Waals surface area contributed by atoms with Crippen molar-refractivity contribution >= 4 is 28.3 Å². The number of rotatable bonds is 7. The highest BCUT2D eigenvalue weighted by molar-refractivity contribution is 14.1. The van der Waals surface area contributed by atoms with E-state index in [1.54, 1.807) is 11.1 Å². The summed E-state index contributed by atoms with van der Waals surface area (Å²) in [6, 6.07) is 16.4. The summed E-state index contributed by atoms with van der Waals surface area (Å²) in [5.74, 6) is 0.698. The van der Waals surface area contributed by atoms with Crippen molar-refractivity contribution in [1.82, 2.24) is 4.90 Å². The number of nitrogens with zero attached hydrogens (tertiary/aromatic N) is 2. The molecule has 0 saturated heterocycles. The zero-order valence-corrected chi connectivity index (χ0v) is 18.8. The van der Waals surface area contributed by atoms with E-state index in [1.165, 1.54) is 60.1 Å². The van der Waals surface area contributed by atoms with Crippen LogP contribution in [0.15, 0.2) is 42.5 Å². The fraction of sp³-hybridized carbons (Fsp3) is 0.500. The van der Waals surface area contributed by atoms with E-state index in [9.17, 15) is 0 Å². The van der Waals surface area contributed by atoms with Crippen LogP contribution >= 0.6 is 22.6 Å². The molecule has 27 heavy (non-hydrogen) atoms. The molecule has 0 spiro atoms. The maximum Gasteiger partial charge on any atom is 0.0429 e. The molecule has 0 fully saturated rings. The Balaban J connectivity index is 1.62. The summed E-state index contributed by atoms with van der Waals surface area (Å²) in [7, 11) is 0. The van der Waals surface area contributed by atoms with Crippen LogP contribution in [0.1, 0.15) is 55.7 Å². The first-order valence-electron chi connectivity index (χ1n) is 10.6. The topological polar surface area (TPSA) is 6.48 Å². The van der Waals surface area contributed by atoms with Crippen LogP contribution in [0.3, 0.4) is 0 Å². The molecule has 0 N–H and O–H groups in total. The van der Waals surface area contributed by atoms with Gasteiger partial charge in [0, 0.05) is 34.3 Å². The Morgan fingerprint density at radius 3 is 2.48 bits per heavy atom. The highest BCUT2D eigenvalue weighted by Crippen LogP contribution is 2.47. The molecule has 0 saturated carbocycles. The van der Waals surface area contributed by atoms with Gasteiger partial charge in [0.1, 0.15) is 0 Å². The lowest BCUT2D eigenvalue weighted by atomic mass is 9.80. The maximum absolute atomic E-state index is 2.77. The van der Waals surface area contributed by atoms with E-state index in [2.05, 4.69) is 88.7 Å². The third-order valence-corrected chi connectivity index (χ3v) is 7.23. The molecule has 4 rings (SSSR count). The van der Waals surface area contributed by atoms with E-state index < -0.39 is 0 Å². The third-order valence-electron chi connectivity index (χ3n) is 6.22. The van der Waals surface area contributed by atoms with Gasteiger partial charge in [0.15, 0.2) is 0 Å². The predicted molar refractivity (Wildman–Crippen MR) is 124 cm³/mol. The van der Waals surface area contributed by atoms with Crippen molar-refractivity contribution in [2.45, 2.75) is 58.0 Å². The molecule has 1 aliphatic heterocycles. The molecule has 2 aromatic rings. The van der Waals surface area contributed by atoms with Crippen LogP contribution in [0.5, 0.6) is 0 Å². The normalized spacial score (nSPS) is 21.0. The van der Waals surface area contributed by atoms with Gasteiger partial charge in [0.05, 0.1) is 0 Å². The van der Waals surface area contributed by atoms with Crippen LogP contribution in [-0.2, 0) is 13.0 Å². The van der Waals surface area contributed by atoms with Gasteiger partial charge in [-0.1, -0.05) is 44.2 Å². The molecule has 3 heteroatoms. The largest absolute Gasteiger partial charge is 0.366 e. The summed E-state index contributed by atoms with van der Waals surface area (Å²) in [5.41, 5.74) is 6.22. The Labute approximate surface area is 178 Å². The molecule has 0 radical (unpaired) electrons. The number of anilines is 1. The second-order valence-electron chi connectivity index (χ2n) is 8.15. The second-order valence-corrected chi connectivity index (χ2v) is 9.31. The van der Waals surface area contributed by atoms with Gasteiger partial charge < -0.3 is 9.80 Å². The van der Waals surface area contributed by atoms with E-state index in [-0.39, 0.29) is 0 Å². The Morgan fingerprint density at radius 1 is 1.04 bits per heavy atom. The first-order chi connectivity index (χ1) is 13.2. The van der Waals surface area contributed by atoms with Gasteiger partial charge in [-0.15, -0.1) is 0 Å². The SMILES string of the molecule is CCCN(CCC)[C@@H]1Cc2c(I)ccc3c2[C@@H](C1)CN3Cc1ccccc1. The van der Waals surface area contributed by atoms with Gasteiger partial charge in [-0.05, 0) is 90.2 Å². The zero-order chi connectivity index (χ0) is 18.8. The van der Waals surface area contributed by atoms with E-state index >= 15 is 0 Å². The minimum Gasteiger partial charge on any atom is -0.366 e. The van der Waals surface area contributed by atoms with Crippen LogP contribution in [0, 0.1) is 3.57 Å². The number of hydrogen-bond donors (Lipinski definition) is 0. The fourth-order valence-corrected chi connectivity index (χ4v) is 5.83.